The zero-order valence-corrected chi connectivity index (χ0v) is 7.06. The lowest BCUT2D eigenvalue weighted by Gasteiger charge is -2.14. The molecule has 0 saturated carbocycles. The summed E-state index contributed by atoms with van der Waals surface area (Å²) in [4.78, 5) is 14.9. The number of nitrogens with one attached hydrogen (secondary N) is 1. The van der Waals surface area contributed by atoms with E-state index in [9.17, 15) is 4.79 Å². The number of anilines is 1. The SMILES string of the molecule is O=C1CCc2cc(Cl)cnc2N1. The van der Waals surface area contributed by atoms with E-state index in [0.29, 0.717) is 17.3 Å². The van der Waals surface area contributed by atoms with Gasteiger partial charge < -0.3 is 5.32 Å². The molecular weight excluding hydrogens is 176 g/mol. The van der Waals surface area contributed by atoms with Crippen molar-refractivity contribution >= 4 is 23.3 Å². The fourth-order valence-electron chi connectivity index (χ4n) is 1.23. The summed E-state index contributed by atoms with van der Waals surface area (Å²) in [5.41, 5.74) is 1.02. The van der Waals surface area contributed by atoms with E-state index in [1.807, 2.05) is 6.07 Å². The molecular formula is C8H7ClN2O. The average Bonchev–Trinajstić information content (AvgIpc) is 2.05. The Morgan fingerprint density at radius 3 is 3.17 bits per heavy atom. The standard InChI is InChI=1S/C8H7ClN2O/c9-6-3-5-1-2-7(12)11-8(5)10-4-6/h3-4H,1-2H2,(H,10,11,12). The van der Waals surface area contributed by atoms with Crippen LogP contribution in [0.25, 0.3) is 0 Å². The maximum absolute atomic E-state index is 10.9. The first kappa shape index (κ1) is 7.55. The number of aromatic nitrogens is 1. The number of fused-ring (bicyclic) bond motifs is 1. The van der Waals surface area contributed by atoms with E-state index in [1.165, 1.54) is 6.20 Å². The highest BCUT2D eigenvalue weighted by molar-refractivity contribution is 6.30. The van der Waals surface area contributed by atoms with Crippen molar-refractivity contribution in [2.75, 3.05) is 5.32 Å². The summed E-state index contributed by atoms with van der Waals surface area (Å²) in [7, 11) is 0. The summed E-state index contributed by atoms with van der Waals surface area (Å²) in [6.45, 7) is 0. The minimum atomic E-state index is 0.0253. The van der Waals surface area contributed by atoms with Crippen LogP contribution in [-0.2, 0) is 11.2 Å². The predicted octanol–water partition coefficient (Wildman–Crippen LogP) is 1.62. The summed E-state index contributed by atoms with van der Waals surface area (Å²) in [6, 6.07) is 1.84. The van der Waals surface area contributed by atoms with Crippen molar-refractivity contribution in [2.45, 2.75) is 12.8 Å². The second kappa shape index (κ2) is 2.75. The summed E-state index contributed by atoms with van der Waals surface area (Å²) in [5.74, 6) is 0.674. The third-order valence-corrected chi connectivity index (χ3v) is 2.02. The van der Waals surface area contributed by atoms with Gasteiger partial charge in [-0.3, -0.25) is 4.79 Å². The van der Waals surface area contributed by atoms with Gasteiger partial charge in [-0.1, -0.05) is 11.6 Å². The Morgan fingerprint density at radius 2 is 2.33 bits per heavy atom. The van der Waals surface area contributed by atoms with Crippen molar-refractivity contribution in [1.82, 2.24) is 4.98 Å². The maximum atomic E-state index is 10.9. The first-order valence-corrected chi connectivity index (χ1v) is 4.08. The van der Waals surface area contributed by atoms with Gasteiger partial charge in [0, 0.05) is 12.6 Å². The van der Waals surface area contributed by atoms with Crippen LogP contribution in [0.3, 0.4) is 0 Å². The third-order valence-electron chi connectivity index (χ3n) is 1.81. The number of hydrogen-bond acceptors (Lipinski definition) is 2. The molecule has 2 heterocycles. The van der Waals surface area contributed by atoms with Crippen molar-refractivity contribution in [3.05, 3.63) is 22.8 Å². The molecule has 0 radical (unpaired) electrons. The smallest absolute Gasteiger partial charge is 0.225 e. The molecule has 1 aromatic rings. The van der Waals surface area contributed by atoms with E-state index in [2.05, 4.69) is 10.3 Å². The van der Waals surface area contributed by atoms with Gasteiger partial charge >= 0.3 is 0 Å². The number of pyridine rings is 1. The van der Waals surface area contributed by atoms with Gasteiger partial charge in [0.25, 0.3) is 0 Å². The van der Waals surface area contributed by atoms with Gasteiger partial charge in [0.1, 0.15) is 5.82 Å². The van der Waals surface area contributed by atoms with Gasteiger partial charge in [-0.15, -0.1) is 0 Å². The van der Waals surface area contributed by atoms with Crippen LogP contribution < -0.4 is 5.32 Å². The summed E-state index contributed by atoms with van der Waals surface area (Å²) < 4.78 is 0. The largest absolute Gasteiger partial charge is 0.310 e. The van der Waals surface area contributed by atoms with Gasteiger partial charge in [0.15, 0.2) is 0 Å². The Bertz CT molecular complexity index is 338. The first-order chi connectivity index (χ1) is 5.75. The fraction of sp³-hybridized carbons (Fsp3) is 0.250. The summed E-state index contributed by atoms with van der Waals surface area (Å²) in [5, 5.41) is 3.29. The number of carbonyl (C=O) groups excluding carboxylic acids is 1. The minimum Gasteiger partial charge on any atom is -0.310 e. The molecule has 0 spiro atoms. The van der Waals surface area contributed by atoms with E-state index < -0.39 is 0 Å². The zero-order chi connectivity index (χ0) is 8.55. The average molecular weight is 183 g/mol. The Balaban J connectivity index is 2.43. The lowest BCUT2D eigenvalue weighted by Crippen LogP contribution is -2.19. The van der Waals surface area contributed by atoms with Crippen molar-refractivity contribution in [2.24, 2.45) is 0 Å². The van der Waals surface area contributed by atoms with Gasteiger partial charge in [-0.05, 0) is 18.1 Å². The minimum absolute atomic E-state index is 0.0253. The molecule has 0 atom stereocenters. The number of aryl methyl sites for hydroxylation is 1. The van der Waals surface area contributed by atoms with Crippen LogP contribution in [0, 0.1) is 0 Å². The quantitative estimate of drug-likeness (QED) is 0.663. The molecule has 3 nitrogen and oxygen atoms in total. The van der Waals surface area contributed by atoms with Gasteiger partial charge in [0.2, 0.25) is 5.91 Å². The first-order valence-electron chi connectivity index (χ1n) is 3.70. The Hall–Kier alpha value is -1.09. The van der Waals surface area contributed by atoms with E-state index in [0.717, 1.165) is 12.0 Å². The molecule has 0 unspecified atom stereocenters. The number of nitrogens with zero attached hydrogens (tertiary/aromatic N) is 1. The molecule has 1 amide bonds. The van der Waals surface area contributed by atoms with Crippen LogP contribution in [0.1, 0.15) is 12.0 Å². The van der Waals surface area contributed by atoms with Crippen molar-refractivity contribution in [1.29, 1.82) is 0 Å². The monoisotopic (exact) mass is 182 g/mol. The molecule has 2 rings (SSSR count). The molecule has 62 valence electrons. The highest BCUT2D eigenvalue weighted by atomic mass is 35.5. The van der Waals surface area contributed by atoms with Crippen LogP contribution >= 0.6 is 11.6 Å². The highest BCUT2D eigenvalue weighted by Crippen LogP contribution is 2.22. The number of amides is 1. The Labute approximate surface area is 74.8 Å². The second-order valence-corrected chi connectivity index (χ2v) is 3.15. The van der Waals surface area contributed by atoms with Crippen LogP contribution in [0.2, 0.25) is 5.02 Å². The van der Waals surface area contributed by atoms with Crippen molar-refractivity contribution in [3.8, 4) is 0 Å². The number of rotatable bonds is 0. The van der Waals surface area contributed by atoms with E-state index in [1.54, 1.807) is 0 Å². The molecule has 12 heavy (non-hydrogen) atoms. The number of halogens is 1. The lowest BCUT2D eigenvalue weighted by atomic mass is 10.1. The van der Waals surface area contributed by atoms with Crippen molar-refractivity contribution in [3.63, 3.8) is 0 Å². The van der Waals surface area contributed by atoms with Crippen LogP contribution in [0.4, 0.5) is 5.82 Å². The molecule has 0 aromatic carbocycles. The predicted molar refractivity (Wildman–Crippen MR) is 46.2 cm³/mol. The molecule has 1 aromatic heterocycles. The third kappa shape index (κ3) is 1.28. The van der Waals surface area contributed by atoms with Gasteiger partial charge in [0.05, 0.1) is 5.02 Å². The normalized spacial score (nSPS) is 15.2. The molecule has 1 aliphatic heterocycles. The topological polar surface area (TPSA) is 42.0 Å². The number of hydrogen-bond donors (Lipinski definition) is 1. The zero-order valence-electron chi connectivity index (χ0n) is 6.30. The summed E-state index contributed by atoms with van der Waals surface area (Å²) in [6.07, 6.45) is 2.79. The van der Waals surface area contributed by atoms with E-state index in [-0.39, 0.29) is 5.91 Å². The number of carbonyl (C=O) groups is 1. The van der Waals surface area contributed by atoms with Crippen LogP contribution in [0.15, 0.2) is 12.3 Å². The second-order valence-electron chi connectivity index (χ2n) is 2.71. The molecule has 1 N–H and O–H groups in total. The molecule has 4 heteroatoms. The molecule has 0 saturated heterocycles. The van der Waals surface area contributed by atoms with Gasteiger partial charge in [-0.25, -0.2) is 4.98 Å². The maximum Gasteiger partial charge on any atom is 0.225 e. The van der Waals surface area contributed by atoms with Gasteiger partial charge in [-0.2, -0.15) is 0 Å². The Morgan fingerprint density at radius 1 is 1.50 bits per heavy atom. The van der Waals surface area contributed by atoms with Crippen molar-refractivity contribution < 1.29 is 4.79 Å². The fourth-order valence-corrected chi connectivity index (χ4v) is 1.41. The molecule has 0 bridgehead atoms. The van der Waals surface area contributed by atoms with E-state index >= 15 is 0 Å². The Kier molecular flexibility index (Phi) is 1.73. The molecule has 1 aliphatic rings. The molecule has 0 fully saturated rings. The summed E-state index contributed by atoms with van der Waals surface area (Å²) >= 11 is 5.74. The highest BCUT2D eigenvalue weighted by Gasteiger charge is 2.15. The van der Waals surface area contributed by atoms with Crippen LogP contribution in [-0.4, -0.2) is 10.9 Å². The van der Waals surface area contributed by atoms with Crippen LogP contribution in [0.5, 0.6) is 0 Å². The lowest BCUT2D eigenvalue weighted by molar-refractivity contribution is -0.116. The van der Waals surface area contributed by atoms with E-state index in [4.69, 9.17) is 11.6 Å². The molecule has 0 aliphatic carbocycles.